The van der Waals surface area contributed by atoms with Crippen LogP contribution in [0.3, 0.4) is 0 Å². The van der Waals surface area contributed by atoms with Crippen molar-refractivity contribution in [3.05, 3.63) is 54.6 Å². The zero-order valence-corrected chi connectivity index (χ0v) is 24.9. The molecule has 0 aliphatic heterocycles. The molecule has 5 N–H and O–H groups in total. The normalized spacial score (nSPS) is 13.2. The average molecular weight is 676 g/mol. The second-order valence-electron chi connectivity index (χ2n) is 8.77. The summed E-state index contributed by atoms with van der Waals surface area (Å²) in [6.07, 6.45) is 0. The van der Waals surface area contributed by atoms with Gasteiger partial charge in [0.2, 0.25) is 0 Å². The van der Waals surface area contributed by atoms with Crippen LogP contribution in [0.5, 0.6) is 5.75 Å². The fraction of sp³-hybridized carbons (Fsp3) is 0.130. The smallest absolute Gasteiger partial charge is 0.397 e. The van der Waals surface area contributed by atoms with Crippen molar-refractivity contribution in [1.82, 2.24) is 0 Å². The first-order valence-electron chi connectivity index (χ1n) is 11.6. The van der Waals surface area contributed by atoms with Crippen LogP contribution in [0, 0.1) is 0 Å². The number of hydrogen-bond donors (Lipinski definition) is 5. The number of nitrogens with zero attached hydrogens (tertiary/aromatic N) is 2. The van der Waals surface area contributed by atoms with E-state index in [0.717, 1.165) is 30.3 Å². The number of fused-ring (bicyclic) bond motifs is 2. The first-order valence-corrected chi connectivity index (χ1v) is 17.5. The fourth-order valence-corrected chi connectivity index (χ4v) is 7.10. The minimum atomic E-state index is -5.09. The van der Waals surface area contributed by atoms with Crippen molar-refractivity contribution in [3.63, 3.8) is 0 Å². The minimum Gasteiger partial charge on any atom is -0.505 e. The molecule has 4 aromatic carbocycles. The molecule has 0 heterocycles. The number of benzene rings is 4. The highest BCUT2D eigenvalue weighted by Gasteiger charge is 2.25. The molecule has 0 amide bonds. The maximum absolute atomic E-state index is 12.6. The van der Waals surface area contributed by atoms with E-state index < -0.39 is 79.7 Å². The molecule has 0 saturated heterocycles. The molecule has 16 nitrogen and oxygen atoms in total. The summed E-state index contributed by atoms with van der Waals surface area (Å²) >= 11 is 0. The van der Waals surface area contributed by atoms with Crippen molar-refractivity contribution < 1.29 is 56.6 Å². The lowest BCUT2D eigenvalue weighted by Gasteiger charge is -2.11. The third-order valence-corrected chi connectivity index (χ3v) is 9.95. The lowest BCUT2D eigenvalue weighted by Crippen LogP contribution is -2.15. The van der Waals surface area contributed by atoms with Crippen LogP contribution in [0.25, 0.3) is 21.5 Å². The number of phenols is 1. The molecule has 20 heteroatoms. The van der Waals surface area contributed by atoms with Crippen molar-refractivity contribution in [2.24, 2.45) is 10.2 Å². The molecule has 0 aliphatic rings. The van der Waals surface area contributed by atoms with Gasteiger partial charge in [-0.05, 0) is 53.2 Å². The van der Waals surface area contributed by atoms with E-state index in [2.05, 4.69) is 19.7 Å². The second-order valence-corrected chi connectivity index (χ2v) is 14.7. The molecule has 0 aromatic heterocycles. The quantitative estimate of drug-likeness (QED) is 0.119. The molecule has 4 aromatic rings. The maximum Gasteiger partial charge on any atom is 0.397 e. The zero-order valence-electron chi connectivity index (χ0n) is 21.6. The Morgan fingerprint density at radius 3 is 2.05 bits per heavy atom. The highest BCUT2D eigenvalue weighted by Crippen LogP contribution is 2.43. The van der Waals surface area contributed by atoms with Gasteiger partial charge in [0, 0.05) is 23.5 Å². The van der Waals surface area contributed by atoms with Crippen molar-refractivity contribution in [3.8, 4) is 5.75 Å². The van der Waals surface area contributed by atoms with Crippen LogP contribution in [-0.2, 0) is 44.7 Å². The van der Waals surface area contributed by atoms with Crippen LogP contribution in [0.4, 0.5) is 17.1 Å². The molecule has 4 rings (SSSR count). The molecular formula is C23H21N3O13S4. The highest BCUT2D eigenvalue weighted by atomic mass is 32.3. The molecule has 43 heavy (non-hydrogen) atoms. The van der Waals surface area contributed by atoms with Crippen LogP contribution in [-0.4, -0.2) is 71.8 Å². The van der Waals surface area contributed by atoms with Gasteiger partial charge >= 0.3 is 10.4 Å². The Balaban J connectivity index is 1.85. The third-order valence-electron chi connectivity index (χ3n) is 6.00. The number of nitrogens with one attached hydrogen (secondary N) is 1. The first-order chi connectivity index (χ1) is 19.8. The number of hydrogen-bond acceptors (Lipinski definition) is 13. The summed E-state index contributed by atoms with van der Waals surface area (Å²) in [6, 6.07) is 10.7. The van der Waals surface area contributed by atoms with Gasteiger partial charge in [-0.15, -0.1) is 10.2 Å². The predicted octanol–water partition coefficient (Wildman–Crippen LogP) is 3.24. The van der Waals surface area contributed by atoms with E-state index in [-0.39, 0.29) is 26.4 Å². The second kappa shape index (κ2) is 11.4. The van der Waals surface area contributed by atoms with Gasteiger partial charge in [-0.3, -0.25) is 13.7 Å². The minimum absolute atomic E-state index is 0.0316. The highest BCUT2D eigenvalue weighted by molar-refractivity contribution is 7.91. The number of sulfone groups is 1. The van der Waals surface area contributed by atoms with Crippen LogP contribution in [0.2, 0.25) is 0 Å². The lowest BCUT2D eigenvalue weighted by molar-refractivity contribution is 0.284. The van der Waals surface area contributed by atoms with Gasteiger partial charge in [-0.2, -0.15) is 25.3 Å². The molecule has 0 bridgehead atoms. The molecule has 0 aliphatic carbocycles. The molecule has 0 atom stereocenters. The molecule has 0 fully saturated rings. The third kappa shape index (κ3) is 7.08. The lowest BCUT2D eigenvalue weighted by atomic mass is 10.1. The predicted molar refractivity (Wildman–Crippen MR) is 152 cm³/mol. The van der Waals surface area contributed by atoms with Crippen LogP contribution in [0.15, 0.2) is 79.5 Å². The summed E-state index contributed by atoms with van der Waals surface area (Å²) in [4.78, 5) is -2.08. The summed E-state index contributed by atoms with van der Waals surface area (Å²) in [5.41, 5.74) is -0.723. The molecule has 0 unspecified atom stereocenters. The Morgan fingerprint density at radius 1 is 0.767 bits per heavy atom. The molecular weight excluding hydrogens is 655 g/mol. The SMILES string of the molecule is CNc1ccc2c(O)c(/N=N/c3ccc4cc(S(=O)(=O)CCOS(=O)(=O)O)ccc4c3S(=O)(=O)O)c(S(=O)(=O)O)cc2c1. The maximum atomic E-state index is 12.6. The van der Waals surface area contributed by atoms with E-state index >= 15 is 0 Å². The number of phenolic OH excluding ortho intramolecular Hbond substituents is 1. The van der Waals surface area contributed by atoms with E-state index in [4.69, 9.17) is 4.55 Å². The van der Waals surface area contributed by atoms with Gasteiger partial charge in [0.1, 0.15) is 21.2 Å². The van der Waals surface area contributed by atoms with E-state index in [1.165, 1.54) is 18.2 Å². The van der Waals surface area contributed by atoms with Gasteiger partial charge in [0.15, 0.2) is 15.6 Å². The Labute approximate surface area is 245 Å². The monoisotopic (exact) mass is 675 g/mol. The Bertz CT molecular complexity index is 2250. The van der Waals surface area contributed by atoms with Gasteiger partial charge < -0.3 is 10.4 Å². The molecule has 230 valence electrons. The largest absolute Gasteiger partial charge is 0.505 e. The summed E-state index contributed by atoms with van der Waals surface area (Å²) in [5, 5.41) is 21.1. The topological polar surface area (TPSA) is 263 Å². The van der Waals surface area contributed by atoms with Crippen LogP contribution in [0.1, 0.15) is 0 Å². The van der Waals surface area contributed by atoms with Gasteiger partial charge in [-0.25, -0.2) is 12.6 Å². The number of aromatic hydroxyl groups is 1. The Kier molecular flexibility index (Phi) is 8.52. The molecule has 0 spiro atoms. The van der Waals surface area contributed by atoms with E-state index in [1.807, 2.05) is 0 Å². The van der Waals surface area contributed by atoms with Crippen LogP contribution >= 0.6 is 0 Å². The Morgan fingerprint density at radius 2 is 1.44 bits per heavy atom. The summed E-state index contributed by atoms with van der Waals surface area (Å²) in [5.74, 6) is -1.57. The van der Waals surface area contributed by atoms with Crippen LogP contribution < -0.4 is 5.32 Å². The Hall–Kier alpha value is -3.76. The van der Waals surface area contributed by atoms with Gasteiger partial charge in [0.25, 0.3) is 20.2 Å². The molecule has 0 saturated carbocycles. The standard InChI is InChI=1S/C23H21N3O13S4/c1-24-15-3-5-17-14(10-15)12-20(41(30,31)32)21(22(17)27)26-25-19-7-2-13-11-16(4-6-18(13)23(19)42(33,34)35)40(28,29)9-8-39-43(36,37)38/h2-7,10-12,24,27H,8-9H2,1H3,(H,30,31,32)(H,33,34,35)(H,36,37,38)/b26-25+. The van der Waals surface area contributed by atoms with E-state index in [9.17, 15) is 47.9 Å². The molecule has 0 radical (unpaired) electrons. The van der Waals surface area contributed by atoms with Gasteiger partial charge in [0.05, 0.1) is 17.3 Å². The van der Waals surface area contributed by atoms with Crippen molar-refractivity contribution in [1.29, 1.82) is 0 Å². The average Bonchev–Trinajstić information content (AvgIpc) is 2.89. The number of rotatable bonds is 10. The zero-order chi connectivity index (χ0) is 32.0. The van der Waals surface area contributed by atoms with E-state index in [1.54, 1.807) is 13.1 Å². The van der Waals surface area contributed by atoms with E-state index in [0.29, 0.717) is 5.69 Å². The fourth-order valence-electron chi connectivity index (χ4n) is 4.08. The summed E-state index contributed by atoms with van der Waals surface area (Å²) in [7, 11) is -17.6. The number of anilines is 1. The first kappa shape index (κ1) is 32.2. The van der Waals surface area contributed by atoms with Crippen molar-refractivity contribution >= 4 is 79.1 Å². The number of azo groups is 1. The van der Waals surface area contributed by atoms with Gasteiger partial charge in [-0.1, -0.05) is 12.1 Å². The summed E-state index contributed by atoms with van der Waals surface area (Å²) in [6.45, 7) is -0.904. The van der Waals surface area contributed by atoms with Crippen molar-refractivity contribution in [2.75, 3.05) is 24.7 Å². The van der Waals surface area contributed by atoms with Crippen molar-refractivity contribution in [2.45, 2.75) is 14.7 Å². The summed E-state index contributed by atoms with van der Waals surface area (Å²) < 4.78 is 128.